The first-order chi connectivity index (χ1) is 17.9. The van der Waals surface area contributed by atoms with Crippen LogP contribution < -0.4 is 10.6 Å². The normalized spacial score (nSPS) is 15.6. The van der Waals surface area contributed by atoms with Crippen LogP contribution in [0.3, 0.4) is 0 Å². The van der Waals surface area contributed by atoms with Crippen LogP contribution in [0.1, 0.15) is 30.3 Å². The summed E-state index contributed by atoms with van der Waals surface area (Å²) in [7, 11) is 1.90. The predicted molar refractivity (Wildman–Crippen MR) is 139 cm³/mol. The zero-order valence-corrected chi connectivity index (χ0v) is 20.6. The van der Waals surface area contributed by atoms with E-state index in [1.54, 1.807) is 35.5 Å². The fraction of sp³-hybridized carbons (Fsp3) is 0.222. The van der Waals surface area contributed by atoms with E-state index in [9.17, 15) is 4.39 Å². The number of nitrogens with zero attached hydrogens (tertiary/aromatic N) is 8. The fourth-order valence-corrected chi connectivity index (χ4v) is 4.68. The van der Waals surface area contributed by atoms with Crippen molar-refractivity contribution in [2.24, 2.45) is 12.8 Å². The zero-order chi connectivity index (χ0) is 25.6. The van der Waals surface area contributed by atoms with Crippen LogP contribution in [0, 0.1) is 5.82 Å². The fourth-order valence-electron chi connectivity index (χ4n) is 4.68. The highest BCUT2D eigenvalue weighted by molar-refractivity contribution is 5.78. The molecule has 0 spiro atoms. The molecule has 0 bridgehead atoms. The number of nitrogens with two attached hydrogens (primary N) is 1. The number of anilines is 1. The highest BCUT2D eigenvalue weighted by atomic mass is 19.1. The first kappa shape index (κ1) is 23.0. The van der Waals surface area contributed by atoms with Crippen molar-refractivity contribution in [3.8, 4) is 11.1 Å². The number of aromatic nitrogens is 7. The lowest BCUT2D eigenvalue weighted by atomic mass is 9.87. The largest absolute Gasteiger partial charge is 0.351 e. The molecule has 37 heavy (non-hydrogen) atoms. The topological polar surface area (TPSA) is 103 Å². The van der Waals surface area contributed by atoms with E-state index in [-0.39, 0.29) is 5.82 Å². The molecule has 186 valence electrons. The average molecular weight is 496 g/mol. The Bertz CT molecular complexity index is 1600. The molecule has 5 aromatic rings. The molecule has 1 aliphatic rings. The number of fused-ring (bicyclic) bond motifs is 1. The van der Waals surface area contributed by atoms with Crippen LogP contribution in [-0.2, 0) is 12.6 Å². The SMILES string of the molecule is Cn1cc(-c2cc3c(N4CC=C(c5ncc(C(C)(N)c6ccc(F)cc6)cn5)CC4)ncnn3c2)cn1. The molecule has 6 rings (SSSR count). The van der Waals surface area contributed by atoms with Gasteiger partial charge in [-0.1, -0.05) is 18.2 Å². The summed E-state index contributed by atoms with van der Waals surface area (Å²) < 4.78 is 17.0. The molecule has 4 aromatic heterocycles. The lowest BCUT2D eigenvalue weighted by Crippen LogP contribution is -2.34. The van der Waals surface area contributed by atoms with E-state index in [4.69, 9.17) is 5.73 Å². The summed E-state index contributed by atoms with van der Waals surface area (Å²) in [6, 6.07) is 8.30. The van der Waals surface area contributed by atoms with Crippen LogP contribution in [0.25, 0.3) is 22.2 Å². The van der Waals surface area contributed by atoms with Gasteiger partial charge in [0, 0.05) is 61.6 Å². The van der Waals surface area contributed by atoms with Crippen molar-refractivity contribution >= 4 is 16.9 Å². The summed E-state index contributed by atoms with van der Waals surface area (Å²) in [4.78, 5) is 16.0. The first-order valence-electron chi connectivity index (χ1n) is 12.0. The van der Waals surface area contributed by atoms with Gasteiger partial charge in [-0.15, -0.1) is 0 Å². The average Bonchev–Trinajstić information content (AvgIpc) is 3.55. The van der Waals surface area contributed by atoms with E-state index in [0.717, 1.165) is 52.1 Å². The van der Waals surface area contributed by atoms with Gasteiger partial charge in [-0.2, -0.15) is 10.2 Å². The Morgan fingerprint density at radius 2 is 1.73 bits per heavy atom. The zero-order valence-electron chi connectivity index (χ0n) is 20.6. The van der Waals surface area contributed by atoms with Gasteiger partial charge >= 0.3 is 0 Å². The van der Waals surface area contributed by atoms with Gasteiger partial charge < -0.3 is 10.6 Å². The van der Waals surface area contributed by atoms with Crippen LogP contribution in [0.15, 0.2) is 73.7 Å². The van der Waals surface area contributed by atoms with E-state index in [1.807, 2.05) is 37.1 Å². The predicted octanol–water partition coefficient (Wildman–Crippen LogP) is 3.57. The molecule has 0 fully saturated rings. The Labute approximate surface area is 213 Å². The molecule has 9 nitrogen and oxygen atoms in total. The van der Waals surface area contributed by atoms with Crippen LogP contribution in [0.2, 0.25) is 0 Å². The van der Waals surface area contributed by atoms with E-state index in [1.165, 1.54) is 12.1 Å². The van der Waals surface area contributed by atoms with Gasteiger partial charge in [0.05, 0.1) is 11.7 Å². The van der Waals surface area contributed by atoms with Crippen molar-refractivity contribution in [1.82, 2.24) is 34.3 Å². The maximum absolute atomic E-state index is 13.3. The Morgan fingerprint density at radius 3 is 2.41 bits per heavy atom. The third-order valence-corrected chi connectivity index (χ3v) is 6.92. The highest BCUT2D eigenvalue weighted by Crippen LogP contribution is 2.30. The molecule has 0 amide bonds. The number of halogens is 1. The minimum Gasteiger partial charge on any atom is -0.351 e. The van der Waals surface area contributed by atoms with E-state index < -0.39 is 5.54 Å². The second-order valence-electron chi connectivity index (χ2n) is 9.47. The van der Waals surface area contributed by atoms with E-state index in [2.05, 4.69) is 42.2 Å². The molecular formula is C27H26FN9. The second-order valence-corrected chi connectivity index (χ2v) is 9.47. The summed E-state index contributed by atoms with van der Waals surface area (Å²) in [6.45, 7) is 3.34. The van der Waals surface area contributed by atoms with Gasteiger partial charge in [-0.3, -0.25) is 4.68 Å². The number of rotatable bonds is 5. The summed E-state index contributed by atoms with van der Waals surface area (Å²) in [5.41, 5.74) is 11.4. The molecule has 10 heteroatoms. The maximum Gasteiger partial charge on any atom is 0.156 e. The standard InChI is InChI=1S/C27H26FN9/c1-27(29,21-3-5-23(28)6-4-21)22-13-30-25(31-14-22)18-7-9-36(10-8-18)26-24-11-19(16-37(24)34-17-32-26)20-12-33-35(2)15-20/h3-7,11-17H,8-10,29H2,1-2H3. The van der Waals surface area contributed by atoms with Crippen molar-refractivity contribution in [1.29, 1.82) is 0 Å². The monoisotopic (exact) mass is 495 g/mol. The Hall–Kier alpha value is -4.44. The molecule has 1 aliphatic heterocycles. The van der Waals surface area contributed by atoms with E-state index in [0.29, 0.717) is 12.4 Å². The lowest BCUT2D eigenvalue weighted by molar-refractivity contribution is 0.588. The van der Waals surface area contributed by atoms with Crippen LogP contribution in [0.5, 0.6) is 0 Å². The van der Waals surface area contributed by atoms with Crippen molar-refractivity contribution in [2.75, 3.05) is 18.0 Å². The maximum atomic E-state index is 13.3. The van der Waals surface area contributed by atoms with Gasteiger partial charge in [-0.05, 0) is 42.7 Å². The molecule has 0 radical (unpaired) electrons. The second kappa shape index (κ2) is 8.90. The Morgan fingerprint density at radius 1 is 0.946 bits per heavy atom. The van der Waals surface area contributed by atoms with Crippen LogP contribution >= 0.6 is 0 Å². The molecule has 0 saturated carbocycles. The smallest absolute Gasteiger partial charge is 0.156 e. The van der Waals surface area contributed by atoms with Gasteiger partial charge in [0.15, 0.2) is 11.6 Å². The molecule has 1 atom stereocenters. The Balaban J connectivity index is 1.21. The van der Waals surface area contributed by atoms with Crippen molar-refractivity contribution in [3.05, 3.63) is 96.5 Å². The lowest BCUT2D eigenvalue weighted by Gasteiger charge is -2.28. The third-order valence-electron chi connectivity index (χ3n) is 6.92. The quantitative estimate of drug-likeness (QED) is 0.398. The minimum absolute atomic E-state index is 0.293. The first-order valence-corrected chi connectivity index (χ1v) is 12.0. The van der Waals surface area contributed by atoms with Crippen molar-refractivity contribution in [2.45, 2.75) is 18.9 Å². The van der Waals surface area contributed by atoms with Crippen LogP contribution in [0.4, 0.5) is 10.2 Å². The Kier molecular flexibility index (Phi) is 5.53. The molecule has 5 heterocycles. The van der Waals surface area contributed by atoms with Crippen molar-refractivity contribution in [3.63, 3.8) is 0 Å². The minimum atomic E-state index is -0.825. The third kappa shape index (κ3) is 4.25. The summed E-state index contributed by atoms with van der Waals surface area (Å²) >= 11 is 0. The molecule has 0 aliphatic carbocycles. The molecule has 2 N–H and O–H groups in total. The van der Waals surface area contributed by atoms with Gasteiger partial charge in [-0.25, -0.2) is 23.9 Å². The van der Waals surface area contributed by atoms with E-state index >= 15 is 0 Å². The van der Waals surface area contributed by atoms with Crippen LogP contribution in [-0.4, -0.2) is 47.4 Å². The summed E-state index contributed by atoms with van der Waals surface area (Å²) in [6.07, 6.45) is 13.8. The molecule has 0 saturated heterocycles. The number of hydrogen-bond acceptors (Lipinski definition) is 7. The highest BCUT2D eigenvalue weighted by Gasteiger charge is 2.25. The number of benzene rings is 1. The molecule has 1 aromatic carbocycles. The number of aryl methyl sites for hydroxylation is 1. The summed E-state index contributed by atoms with van der Waals surface area (Å²) in [5, 5.41) is 8.66. The van der Waals surface area contributed by atoms with Crippen molar-refractivity contribution < 1.29 is 4.39 Å². The number of hydrogen-bond donors (Lipinski definition) is 1. The van der Waals surface area contributed by atoms with Gasteiger partial charge in [0.1, 0.15) is 17.7 Å². The summed E-state index contributed by atoms with van der Waals surface area (Å²) in [5.74, 6) is 1.28. The van der Waals surface area contributed by atoms with Gasteiger partial charge in [0.2, 0.25) is 0 Å². The molecule has 1 unspecified atom stereocenters. The molecular weight excluding hydrogens is 469 g/mol. The van der Waals surface area contributed by atoms with Gasteiger partial charge in [0.25, 0.3) is 0 Å².